The third kappa shape index (κ3) is 2.43. The largest absolute Gasteiger partial charge is 0.306 e. The van der Waals surface area contributed by atoms with E-state index in [1.165, 1.54) is 0 Å². The number of hydrogen-bond acceptors (Lipinski definition) is 3. The Morgan fingerprint density at radius 1 is 1.39 bits per heavy atom. The standard InChI is InChI=1S/C12H13BrN4O/c1-7-11(8(2)17(3)16-7)12(18)15-10-6-4-5-9(13)14-10/h4-6H,1-3H3,(H,14,15,18). The second-order valence-electron chi connectivity index (χ2n) is 3.97. The van der Waals surface area contributed by atoms with Gasteiger partial charge in [-0.05, 0) is 41.9 Å². The molecule has 0 atom stereocenters. The molecule has 94 valence electrons. The number of halogens is 1. The van der Waals surface area contributed by atoms with Gasteiger partial charge in [-0.1, -0.05) is 6.07 Å². The zero-order valence-electron chi connectivity index (χ0n) is 10.4. The maximum atomic E-state index is 12.2. The fraction of sp³-hybridized carbons (Fsp3) is 0.250. The number of anilines is 1. The molecule has 0 saturated carbocycles. The van der Waals surface area contributed by atoms with E-state index in [1.54, 1.807) is 16.8 Å². The molecule has 5 nitrogen and oxygen atoms in total. The van der Waals surface area contributed by atoms with Crippen LogP contribution in [0.4, 0.5) is 5.82 Å². The monoisotopic (exact) mass is 308 g/mol. The Morgan fingerprint density at radius 3 is 2.67 bits per heavy atom. The lowest BCUT2D eigenvalue weighted by molar-refractivity contribution is 0.102. The van der Waals surface area contributed by atoms with Gasteiger partial charge in [0.05, 0.1) is 11.3 Å². The molecule has 0 aliphatic carbocycles. The molecule has 0 aliphatic heterocycles. The highest BCUT2D eigenvalue weighted by Gasteiger charge is 2.17. The van der Waals surface area contributed by atoms with Crippen LogP contribution >= 0.6 is 15.9 Å². The summed E-state index contributed by atoms with van der Waals surface area (Å²) < 4.78 is 2.37. The molecule has 0 unspecified atom stereocenters. The normalized spacial score (nSPS) is 10.4. The van der Waals surface area contributed by atoms with Crippen LogP contribution in [0, 0.1) is 13.8 Å². The average Bonchev–Trinajstić information content (AvgIpc) is 2.53. The van der Waals surface area contributed by atoms with E-state index >= 15 is 0 Å². The van der Waals surface area contributed by atoms with E-state index in [1.807, 2.05) is 27.0 Å². The molecule has 0 fully saturated rings. The first kappa shape index (κ1) is 12.8. The molecule has 0 aliphatic rings. The number of nitrogens with zero attached hydrogens (tertiary/aromatic N) is 3. The highest BCUT2D eigenvalue weighted by atomic mass is 79.9. The Hall–Kier alpha value is -1.69. The van der Waals surface area contributed by atoms with Crippen molar-refractivity contribution in [2.45, 2.75) is 13.8 Å². The van der Waals surface area contributed by atoms with Crippen LogP contribution in [0.2, 0.25) is 0 Å². The average molecular weight is 309 g/mol. The van der Waals surface area contributed by atoms with E-state index in [4.69, 9.17) is 0 Å². The fourth-order valence-corrected chi connectivity index (χ4v) is 2.10. The zero-order chi connectivity index (χ0) is 13.3. The zero-order valence-corrected chi connectivity index (χ0v) is 11.9. The summed E-state index contributed by atoms with van der Waals surface area (Å²) in [6.07, 6.45) is 0. The third-order valence-electron chi connectivity index (χ3n) is 2.69. The van der Waals surface area contributed by atoms with Crippen molar-refractivity contribution in [2.75, 3.05) is 5.32 Å². The molecule has 2 aromatic rings. The van der Waals surface area contributed by atoms with Gasteiger partial charge in [0.1, 0.15) is 10.4 Å². The predicted molar refractivity (Wildman–Crippen MR) is 72.6 cm³/mol. The van der Waals surface area contributed by atoms with E-state index in [9.17, 15) is 4.79 Å². The Morgan fingerprint density at radius 2 is 2.11 bits per heavy atom. The van der Waals surface area contributed by atoms with Gasteiger partial charge in [0, 0.05) is 12.7 Å². The summed E-state index contributed by atoms with van der Waals surface area (Å²) in [6, 6.07) is 5.36. The number of pyridine rings is 1. The molecule has 2 aromatic heterocycles. The molecular formula is C12H13BrN4O. The SMILES string of the molecule is Cc1nn(C)c(C)c1C(=O)Nc1cccc(Br)n1. The van der Waals surface area contributed by atoms with Crippen molar-refractivity contribution in [2.24, 2.45) is 7.05 Å². The minimum atomic E-state index is -0.191. The second-order valence-corrected chi connectivity index (χ2v) is 4.78. The van der Waals surface area contributed by atoms with E-state index in [2.05, 4.69) is 31.3 Å². The van der Waals surface area contributed by atoms with Crippen LogP contribution in [0.25, 0.3) is 0 Å². The van der Waals surface area contributed by atoms with Gasteiger partial charge < -0.3 is 5.32 Å². The van der Waals surface area contributed by atoms with Crippen LogP contribution in [0.5, 0.6) is 0 Å². The van der Waals surface area contributed by atoms with Crippen molar-refractivity contribution in [1.82, 2.24) is 14.8 Å². The summed E-state index contributed by atoms with van der Waals surface area (Å²) in [5, 5.41) is 6.98. The van der Waals surface area contributed by atoms with E-state index in [-0.39, 0.29) is 5.91 Å². The third-order valence-corrected chi connectivity index (χ3v) is 3.13. The Balaban J connectivity index is 2.27. The molecular weight excluding hydrogens is 296 g/mol. The molecule has 0 radical (unpaired) electrons. The molecule has 0 aromatic carbocycles. The van der Waals surface area contributed by atoms with Gasteiger partial charge in [-0.25, -0.2) is 4.98 Å². The number of carbonyl (C=O) groups excluding carboxylic acids is 1. The van der Waals surface area contributed by atoms with Crippen molar-refractivity contribution < 1.29 is 4.79 Å². The summed E-state index contributed by atoms with van der Waals surface area (Å²) in [7, 11) is 1.82. The first-order valence-electron chi connectivity index (χ1n) is 5.43. The second kappa shape index (κ2) is 4.89. The summed E-state index contributed by atoms with van der Waals surface area (Å²) in [6.45, 7) is 3.68. The fourth-order valence-electron chi connectivity index (χ4n) is 1.76. The number of amides is 1. The topological polar surface area (TPSA) is 59.8 Å². The lowest BCUT2D eigenvalue weighted by Gasteiger charge is -2.05. The van der Waals surface area contributed by atoms with Crippen LogP contribution < -0.4 is 5.32 Å². The number of carbonyl (C=O) groups is 1. The Bertz CT molecular complexity index is 606. The van der Waals surface area contributed by atoms with E-state index in [0.717, 1.165) is 5.69 Å². The first-order valence-corrected chi connectivity index (χ1v) is 6.22. The van der Waals surface area contributed by atoms with Crippen molar-refractivity contribution in [3.8, 4) is 0 Å². The molecule has 2 heterocycles. The Labute approximate surface area is 113 Å². The number of nitrogens with one attached hydrogen (secondary N) is 1. The number of aromatic nitrogens is 3. The summed E-state index contributed by atoms with van der Waals surface area (Å²) >= 11 is 3.26. The maximum absolute atomic E-state index is 12.2. The highest BCUT2D eigenvalue weighted by Crippen LogP contribution is 2.15. The van der Waals surface area contributed by atoms with Crippen molar-refractivity contribution >= 4 is 27.7 Å². The van der Waals surface area contributed by atoms with Crippen molar-refractivity contribution in [3.05, 3.63) is 39.8 Å². The van der Waals surface area contributed by atoms with Crippen LogP contribution in [0.15, 0.2) is 22.8 Å². The Kier molecular flexibility index (Phi) is 3.47. The van der Waals surface area contributed by atoms with Gasteiger partial charge >= 0.3 is 0 Å². The molecule has 1 N–H and O–H groups in total. The molecule has 1 amide bonds. The van der Waals surface area contributed by atoms with Gasteiger partial charge in [0.15, 0.2) is 0 Å². The van der Waals surface area contributed by atoms with E-state index < -0.39 is 0 Å². The van der Waals surface area contributed by atoms with Crippen LogP contribution in [0.1, 0.15) is 21.7 Å². The van der Waals surface area contributed by atoms with Crippen molar-refractivity contribution in [1.29, 1.82) is 0 Å². The lowest BCUT2D eigenvalue weighted by atomic mass is 10.2. The predicted octanol–water partition coefficient (Wildman–Crippen LogP) is 2.45. The number of rotatable bonds is 2. The van der Waals surface area contributed by atoms with Crippen LogP contribution in [-0.2, 0) is 7.05 Å². The van der Waals surface area contributed by atoms with Crippen LogP contribution in [0.3, 0.4) is 0 Å². The molecule has 0 bridgehead atoms. The van der Waals surface area contributed by atoms with E-state index in [0.29, 0.717) is 21.7 Å². The lowest BCUT2D eigenvalue weighted by Crippen LogP contribution is -2.15. The smallest absolute Gasteiger partial charge is 0.260 e. The van der Waals surface area contributed by atoms with Gasteiger partial charge in [0.25, 0.3) is 5.91 Å². The molecule has 0 spiro atoms. The van der Waals surface area contributed by atoms with Gasteiger partial charge in [-0.2, -0.15) is 5.10 Å². The highest BCUT2D eigenvalue weighted by molar-refractivity contribution is 9.10. The molecule has 0 saturated heterocycles. The summed E-state index contributed by atoms with van der Waals surface area (Å²) in [5.41, 5.74) is 2.14. The van der Waals surface area contributed by atoms with Crippen LogP contribution in [-0.4, -0.2) is 20.7 Å². The van der Waals surface area contributed by atoms with Gasteiger partial charge in [-0.3, -0.25) is 9.48 Å². The molecule has 2 rings (SSSR count). The quantitative estimate of drug-likeness (QED) is 0.867. The molecule has 6 heteroatoms. The minimum absolute atomic E-state index is 0.191. The van der Waals surface area contributed by atoms with Gasteiger partial charge in [0.2, 0.25) is 0 Å². The van der Waals surface area contributed by atoms with Crippen molar-refractivity contribution in [3.63, 3.8) is 0 Å². The molecule has 18 heavy (non-hydrogen) atoms. The summed E-state index contributed by atoms with van der Waals surface area (Å²) in [4.78, 5) is 16.3. The number of aryl methyl sites for hydroxylation is 2. The number of hydrogen-bond donors (Lipinski definition) is 1. The van der Waals surface area contributed by atoms with Gasteiger partial charge in [-0.15, -0.1) is 0 Å². The minimum Gasteiger partial charge on any atom is -0.306 e. The first-order chi connectivity index (χ1) is 8.49. The maximum Gasteiger partial charge on any atom is 0.260 e. The summed E-state index contributed by atoms with van der Waals surface area (Å²) in [5.74, 6) is 0.320.